The molecule has 2 aromatic rings. The normalized spacial score (nSPS) is 10.3. The summed E-state index contributed by atoms with van der Waals surface area (Å²) in [5, 5.41) is 14.3. The van der Waals surface area contributed by atoms with Crippen molar-refractivity contribution in [2.45, 2.75) is 13.5 Å². The van der Waals surface area contributed by atoms with Crippen molar-refractivity contribution in [3.8, 4) is 0 Å². The fourth-order valence-electron chi connectivity index (χ4n) is 1.69. The van der Waals surface area contributed by atoms with Crippen LogP contribution < -0.4 is 5.32 Å². The van der Waals surface area contributed by atoms with Gasteiger partial charge < -0.3 is 5.32 Å². The zero-order chi connectivity index (χ0) is 14.7. The van der Waals surface area contributed by atoms with E-state index in [1.165, 1.54) is 12.1 Å². The summed E-state index contributed by atoms with van der Waals surface area (Å²) < 4.78 is 1.03. The largest absolute Gasteiger partial charge is 0.381 e. The van der Waals surface area contributed by atoms with Crippen LogP contribution in [0, 0.1) is 17.0 Å². The predicted molar refractivity (Wildman–Crippen MR) is 84.3 cm³/mol. The molecule has 4 nitrogen and oxygen atoms in total. The Morgan fingerprint density at radius 1 is 1.30 bits per heavy atom. The second kappa shape index (κ2) is 6.24. The smallest absolute Gasteiger partial charge is 0.270 e. The van der Waals surface area contributed by atoms with E-state index < -0.39 is 4.92 Å². The van der Waals surface area contributed by atoms with Crippen molar-refractivity contribution in [2.75, 3.05) is 5.32 Å². The van der Waals surface area contributed by atoms with Crippen LogP contribution in [0.4, 0.5) is 11.4 Å². The zero-order valence-electron chi connectivity index (χ0n) is 10.7. The average Bonchev–Trinajstić information content (AvgIpc) is 2.41. The van der Waals surface area contributed by atoms with E-state index in [4.69, 9.17) is 11.6 Å². The van der Waals surface area contributed by atoms with Crippen molar-refractivity contribution in [1.82, 2.24) is 0 Å². The number of aryl methyl sites for hydroxylation is 1. The molecule has 0 heterocycles. The number of non-ortho nitro benzene ring substituents is 1. The van der Waals surface area contributed by atoms with Gasteiger partial charge in [-0.1, -0.05) is 33.6 Å². The first-order valence-corrected chi connectivity index (χ1v) is 7.07. The number of hydrogen-bond donors (Lipinski definition) is 1. The van der Waals surface area contributed by atoms with Gasteiger partial charge in [0.2, 0.25) is 0 Å². The highest BCUT2D eigenvalue weighted by Gasteiger charge is 2.09. The van der Waals surface area contributed by atoms with Crippen molar-refractivity contribution in [3.05, 3.63) is 67.1 Å². The van der Waals surface area contributed by atoms with Gasteiger partial charge in [0, 0.05) is 28.8 Å². The predicted octanol–water partition coefficient (Wildman–Crippen LogP) is 4.93. The zero-order valence-corrected chi connectivity index (χ0v) is 13.0. The van der Waals surface area contributed by atoms with Crippen molar-refractivity contribution >= 4 is 38.9 Å². The number of halogens is 2. The third-order valence-electron chi connectivity index (χ3n) is 2.90. The molecule has 0 aliphatic rings. The van der Waals surface area contributed by atoms with E-state index in [2.05, 4.69) is 21.2 Å². The molecule has 0 aromatic heterocycles. The first-order valence-electron chi connectivity index (χ1n) is 5.90. The highest BCUT2D eigenvalue weighted by molar-refractivity contribution is 9.10. The Bertz CT molecular complexity index is 662. The number of nitro groups is 1. The van der Waals surface area contributed by atoms with Gasteiger partial charge in [-0.2, -0.15) is 0 Å². The first kappa shape index (κ1) is 14.8. The van der Waals surface area contributed by atoms with Crippen molar-refractivity contribution in [1.29, 1.82) is 0 Å². The lowest BCUT2D eigenvalue weighted by Crippen LogP contribution is -2.01. The van der Waals surface area contributed by atoms with E-state index in [1.54, 1.807) is 6.07 Å². The molecule has 2 rings (SSSR count). The molecule has 0 saturated heterocycles. The third-order valence-corrected chi connectivity index (χ3v) is 4.11. The van der Waals surface area contributed by atoms with Crippen molar-refractivity contribution in [2.24, 2.45) is 0 Å². The minimum Gasteiger partial charge on any atom is -0.381 e. The lowest BCUT2D eigenvalue weighted by molar-refractivity contribution is -0.384. The third kappa shape index (κ3) is 3.49. The number of benzene rings is 2. The second-order valence-corrected chi connectivity index (χ2v) is 5.61. The summed E-state index contributed by atoms with van der Waals surface area (Å²) >= 11 is 9.51. The van der Waals surface area contributed by atoms with E-state index in [1.807, 2.05) is 25.1 Å². The van der Waals surface area contributed by atoms with E-state index in [0.29, 0.717) is 11.6 Å². The molecule has 0 radical (unpaired) electrons. The molecule has 0 spiro atoms. The first-order chi connectivity index (χ1) is 9.47. The topological polar surface area (TPSA) is 55.2 Å². The molecule has 0 atom stereocenters. The fourth-order valence-corrected chi connectivity index (χ4v) is 2.31. The van der Waals surface area contributed by atoms with Crippen molar-refractivity contribution in [3.63, 3.8) is 0 Å². The Kier molecular flexibility index (Phi) is 4.62. The molecular formula is C14H12BrClN2O2. The van der Waals surface area contributed by atoms with Gasteiger partial charge in [0.05, 0.1) is 9.95 Å². The van der Waals surface area contributed by atoms with Gasteiger partial charge in [0.1, 0.15) is 0 Å². The molecule has 0 bridgehead atoms. The van der Waals surface area contributed by atoms with Crippen LogP contribution in [-0.4, -0.2) is 4.92 Å². The molecule has 0 aliphatic heterocycles. The van der Waals surface area contributed by atoms with Crippen LogP contribution in [0.1, 0.15) is 11.1 Å². The molecule has 0 saturated carbocycles. The molecule has 2 aromatic carbocycles. The highest BCUT2D eigenvalue weighted by atomic mass is 79.9. The minimum absolute atomic E-state index is 0.00293. The van der Waals surface area contributed by atoms with E-state index in [-0.39, 0.29) is 5.69 Å². The molecule has 0 unspecified atom stereocenters. The number of nitrogens with one attached hydrogen (secondary N) is 1. The van der Waals surface area contributed by atoms with Crippen molar-refractivity contribution < 1.29 is 4.92 Å². The average molecular weight is 356 g/mol. The monoisotopic (exact) mass is 354 g/mol. The lowest BCUT2D eigenvalue weighted by atomic mass is 10.2. The summed E-state index contributed by atoms with van der Waals surface area (Å²) in [6, 6.07) is 10.4. The molecular weight excluding hydrogens is 344 g/mol. The van der Waals surface area contributed by atoms with Crippen LogP contribution in [0.25, 0.3) is 0 Å². The number of rotatable bonds is 4. The van der Waals surface area contributed by atoms with Gasteiger partial charge in [-0.25, -0.2) is 0 Å². The lowest BCUT2D eigenvalue weighted by Gasteiger charge is -2.09. The van der Waals surface area contributed by atoms with Gasteiger partial charge in [0.15, 0.2) is 0 Å². The standard InChI is InChI=1S/C14H12BrClN2O2/c1-9-2-4-11(6-13(9)15)17-8-10-3-5-12(18(19)20)7-14(10)16/h2-7,17H,8H2,1H3. The summed E-state index contributed by atoms with van der Waals surface area (Å²) in [6.07, 6.45) is 0. The molecule has 0 aliphatic carbocycles. The Morgan fingerprint density at radius 2 is 2.05 bits per heavy atom. The SMILES string of the molecule is Cc1ccc(NCc2ccc([N+](=O)[O-])cc2Cl)cc1Br. The van der Waals surface area contributed by atoms with Gasteiger partial charge in [0.25, 0.3) is 5.69 Å². The Hall–Kier alpha value is -1.59. The molecule has 6 heteroatoms. The van der Waals surface area contributed by atoms with Crippen LogP contribution in [0.2, 0.25) is 5.02 Å². The van der Waals surface area contributed by atoms with Crippen LogP contribution >= 0.6 is 27.5 Å². The fraction of sp³-hybridized carbons (Fsp3) is 0.143. The summed E-state index contributed by atoms with van der Waals surface area (Å²) in [7, 11) is 0. The molecule has 20 heavy (non-hydrogen) atoms. The molecule has 0 amide bonds. The van der Waals surface area contributed by atoms with Gasteiger partial charge in [-0.3, -0.25) is 10.1 Å². The van der Waals surface area contributed by atoms with Crippen LogP contribution in [-0.2, 0) is 6.54 Å². The number of hydrogen-bond acceptors (Lipinski definition) is 3. The second-order valence-electron chi connectivity index (χ2n) is 4.35. The minimum atomic E-state index is -0.458. The van der Waals surface area contributed by atoms with Crippen LogP contribution in [0.15, 0.2) is 40.9 Å². The quantitative estimate of drug-likeness (QED) is 0.625. The number of nitro benzene ring substituents is 1. The maximum Gasteiger partial charge on any atom is 0.270 e. The maximum absolute atomic E-state index is 10.6. The summed E-state index contributed by atoms with van der Waals surface area (Å²) in [5.41, 5.74) is 2.92. The van der Waals surface area contributed by atoms with E-state index in [9.17, 15) is 10.1 Å². The Balaban J connectivity index is 2.10. The van der Waals surface area contributed by atoms with E-state index >= 15 is 0 Å². The Labute approximate surface area is 130 Å². The highest BCUT2D eigenvalue weighted by Crippen LogP contribution is 2.25. The van der Waals surface area contributed by atoms with Crippen LogP contribution in [0.3, 0.4) is 0 Å². The maximum atomic E-state index is 10.6. The Morgan fingerprint density at radius 3 is 2.65 bits per heavy atom. The summed E-state index contributed by atoms with van der Waals surface area (Å²) in [6.45, 7) is 2.52. The van der Waals surface area contributed by atoms with Gasteiger partial charge in [-0.05, 0) is 36.2 Å². The number of anilines is 1. The molecule has 0 fully saturated rings. The molecule has 104 valence electrons. The van der Waals surface area contributed by atoms with E-state index in [0.717, 1.165) is 21.3 Å². The number of nitrogens with zero attached hydrogens (tertiary/aromatic N) is 1. The summed E-state index contributed by atoms with van der Waals surface area (Å²) in [5.74, 6) is 0. The van der Waals surface area contributed by atoms with Crippen LogP contribution in [0.5, 0.6) is 0 Å². The van der Waals surface area contributed by atoms with Gasteiger partial charge in [-0.15, -0.1) is 0 Å². The van der Waals surface area contributed by atoms with Gasteiger partial charge >= 0.3 is 0 Å². The summed E-state index contributed by atoms with van der Waals surface area (Å²) in [4.78, 5) is 10.2. The molecule has 1 N–H and O–H groups in total.